The van der Waals surface area contributed by atoms with Crippen molar-refractivity contribution in [2.75, 3.05) is 0 Å². The second-order valence-electron chi connectivity index (χ2n) is 8.38. The summed E-state index contributed by atoms with van der Waals surface area (Å²) in [4.78, 5) is 11.7. The van der Waals surface area contributed by atoms with Crippen LogP contribution in [0.5, 0.6) is 0 Å². The quantitative estimate of drug-likeness (QED) is 0.723. The Balaban J connectivity index is 1.74. The molecule has 0 heterocycles. The number of carbonyl (C=O) groups excluding carboxylic acids is 1. The van der Waals surface area contributed by atoms with Crippen LogP contribution in [0.1, 0.15) is 46.0 Å². The summed E-state index contributed by atoms with van der Waals surface area (Å²) in [6.45, 7) is 4.43. The van der Waals surface area contributed by atoms with E-state index >= 15 is 0 Å². The van der Waals surface area contributed by atoms with E-state index in [1.165, 1.54) is 0 Å². The van der Waals surface area contributed by atoms with Crippen LogP contribution >= 0.6 is 0 Å². The average Bonchev–Trinajstić information content (AvgIpc) is 2.77. The Morgan fingerprint density at radius 3 is 2.68 bits per heavy atom. The number of aliphatic hydroxyl groups excluding tert-OH is 2. The fourth-order valence-electron chi connectivity index (χ4n) is 6.22. The molecular formula is C19H26O3. The van der Waals surface area contributed by atoms with Crippen molar-refractivity contribution in [3.8, 4) is 0 Å². The average molecular weight is 302 g/mol. The molecule has 0 spiro atoms. The molecule has 3 saturated carbocycles. The minimum atomic E-state index is -0.514. The van der Waals surface area contributed by atoms with Crippen LogP contribution in [0, 0.1) is 28.6 Å². The molecular weight excluding hydrogens is 276 g/mol. The van der Waals surface area contributed by atoms with Gasteiger partial charge >= 0.3 is 0 Å². The lowest BCUT2D eigenvalue weighted by Crippen LogP contribution is -2.53. The fraction of sp³-hybridized carbons (Fsp3) is 0.737. The van der Waals surface area contributed by atoms with E-state index in [2.05, 4.69) is 13.8 Å². The van der Waals surface area contributed by atoms with Gasteiger partial charge in [-0.2, -0.15) is 0 Å². The Kier molecular flexibility index (Phi) is 3.03. The number of carbonyl (C=O) groups is 1. The molecule has 3 fully saturated rings. The number of hydrogen-bond donors (Lipinski definition) is 2. The van der Waals surface area contributed by atoms with E-state index in [-0.39, 0.29) is 22.7 Å². The normalized spacial score (nSPS) is 53.5. The largest absolute Gasteiger partial charge is 0.393 e. The molecule has 4 rings (SSSR count). The molecule has 0 saturated heterocycles. The maximum absolute atomic E-state index is 11.7. The molecule has 0 aliphatic heterocycles. The van der Waals surface area contributed by atoms with Crippen molar-refractivity contribution < 1.29 is 15.0 Å². The molecule has 0 bridgehead atoms. The van der Waals surface area contributed by atoms with Crippen LogP contribution in [0.3, 0.4) is 0 Å². The van der Waals surface area contributed by atoms with E-state index in [0.29, 0.717) is 17.8 Å². The second-order valence-corrected chi connectivity index (χ2v) is 8.38. The van der Waals surface area contributed by atoms with Gasteiger partial charge in [-0.1, -0.05) is 19.9 Å². The van der Waals surface area contributed by atoms with Crippen LogP contribution in [-0.4, -0.2) is 28.2 Å². The van der Waals surface area contributed by atoms with Gasteiger partial charge in [-0.15, -0.1) is 0 Å². The third-order valence-corrected chi connectivity index (χ3v) is 7.53. The molecule has 0 aromatic rings. The minimum Gasteiger partial charge on any atom is -0.393 e. The predicted octanol–water partition coefficient (Wildman–Crippen LogP) is 2.63. The Labute approximate surface area is 132 Å². The number of fused-ring (bicyclic) bond motifs is 5. The van der Waals surface area contributed by atoms with Crippen molar-refractivity contribution in [3.63, 3.8) is 0 Å². The fourth-order valence-corrected chi connectivity index (χ4v) is 6.22. The van der Waals surface area contributed by atoms with Gasteiger partial charge in [0.25, 0.3) is 0 Å². The van der Waals surface area contributed by atoms with E-state index in [0.717, 1.165) is 37.7 Å². The minimum absolute atomic E-state index is 0.00177. The summed E-state index contributed by atoms with van der Waals surface area (Å²) in [7, 11) is 0. The van der Waals surface area contributed by atoms with Gasteiger partial charge in [-0.3, -0.25) is 4.79 Å². The molecule has 0 aromatic heterocycles. The lowest BCUT2D eigenvalue weighted by atomic mass is 9.48. The van der Waals surface area contributed by atoms with Gasteiger partial charge in [-0.25, -0.2) is 0 Å². The zero-order chi connectivity index (χ0) is 15.7. The predicted molar refractivity (Wildman–Crippen MR) is 84.0 cm³/mol. The molecule has 22 heavy (non-hydrogen) atoms. The molecule has 2 N–H and O–H groups in total. The summed E-state index contributed by atoms with van der Waals surface area (Å²) in [5.74, 6) is 1.43. The van der Waals surface area contributed by atoms with Gasteiger partial charge in [0, 0.05) is 5.41 Å². The highest BCUT2D eigenvalue weighted by Gasteiger charge is 2.59. The Hall–Kier alpha value is -0.930. The van der Waals surface area contributed by atoms with Crippen molar-refractivity contribution in [2.45, 2.75) is 58.2 Å². The van der Waals surface area contributed by atoms with Crippen LogP contribution in [0.4, 0.5) is 0 Å². The highest BCUT2D eigenvalue weighted by molar-refractivity contribution is 6.01. The molecule has 7 atom stereocenters. The monoisotopic (exact) mass is 302 g/mol. The molecule has 3 heteroatoms. The van der Waals surface area contributed by atoms with E-state index in [9.17, 15) is 15.0 Å². The zero-order valence-corrected chi connectivity index (χ0v) is 13.5. The zero-order valence-electron chi connectivity index (χ0n) is 13.5. The standard InChI is InChI=1S/C19H26O3/c1-18-7-5-11(20)9-15(18)16(21)10-12-13-3-4-17(22)19(13,2)8-6-14(12)18/h5,7,9,12-14,16-17,21-22H,3-4,6,8,10H2,1-2H3/t12-,13-,14-,16+,17-,18+,19-/m0/s1. The topological polar surface area (TPSA) is 57.5 Å². The first-order valence-electron chi connectivity index (χ1n) is 8.67. The lowest BCUT2D eigenvalue weighted by Gasteiger charge is -2.57. The van der Waals surface area contributed by atoms with E-state index in [1.54, 1.807) is 12.2 Å². The Bertz CT molecular complexity index is 577. The van der Waals surface area contributed by atoms with Crippen molar-refractivity contribution in [3.05, 3.63) is 23.8 Å². The van der Waals surface area contributed by atoms with Gasteiger partial charge in [-0.05, 0) is 73.0 Å². The summed E-state index contributed by atoms with van der Waals surface area (Å²) in [5.41, 5.74) is 0.751. The first-order chi connectivity index (χ1) is 10.4. The van der Waals surface area contributed by atoms with Gasteiger partial charge in [0.15, 0.2) is 5.78 Å². The smallest absolute Gasteiger partial charge is 0.178 e. The summed E-state index contributed by atoms with van der Waals surface area (Å²) in [5, 5.41) is 21.1. The SMILES string of the molecule is C[C@]12CC[C@H]3[C@@H](C[C@@H](O)C4=CC(=O)C=C[C@@]43C)[C@@H]1CC[C@@H]2O. The molecule has 0 aromatic carbocycles. The van der Waals surface area contributed by atoms with Crippen LogP contribution < -0.4 is 0 Å². The Morgan fingerprint density at radius 2 is 1.91 bits per heavy atom. The maximum atomic E-state index is 11.7. The van der Waals surface area contributed by atoms with Gasteiger partial charge < -0.3 is 10.2 Å². The van der Waals surface area contributed by atoms with Crippen LogP contribution in [0.15, 0.2) is 23.8 Å². The van der Waals surface area contributed by atoms with Gasteiger partial charge in [0.2, 0.25) is 0 Å². The van der Waals surface area contributed by atoms with Gasteiger partial charge in [0.05, 0.1) is 12.2 Å². The van der Waals surface area contributed by atoms with E-state index < -0.39 is 6.10 Å². The molecule has 0 unspecified atom stereocenters. The number of aliphatic hydroxyl groups is 2. The van der Waals surface area contributed by atoms with Gasteiger partial charge in [0.1, 0.15) is 0 Å². The van der Waals surface area contributed by atoms with Crippen molar-refractivity contribution in [1.29, 1.82) is 0 Å². The van der Waals surface area contributed by atoms with Crippen molar-refractivity contribution in [1.82, 2.24) is 0 Å². The second kappa shape index (κ2) is 4.55. The number of ketones is 1. The Morgan fingerprint density at radius 1 is 1.14 bits per heavy atom. The van der Waals surface area contributed by atoms with Crippen LogP contribution in [0.2, 0.25) is 0 Å². The number of rotatable bonds is 0. The lowest BCUT2D eigenvalue weighted by molar-refractivity contribution is -0.111. The summed E-state index contributed by atoms with van der Waals surface area (Å²) >= 11 is 0. The molecule has 120 valence electrons. The maximum Gasteiger partial charge on any atom is 0.178 e. The highest BCUT2D eigenvalue weighted by atomic mass is 16.3. The summed E-state index contributed by atoms with van der Waals surface area (Å²) in [6, 6.07) is 0. The van der Waals surface area contributed by atoms with E-state index in [1.807, 2.05) is 6.08 Å². The molecule has 3 nitrogen and oxygen atoms in total. The van der Waals surface area contributed by atoms with E-state index in [4.69, 9.17) is 0 Å². The van der Waals surface area contributed by atoms with Crippen LogP contribution in [0.25, 0.3) is 0 Å². The van der Waals surface area contributed by atoms with Crippen molar-refractivity contribution >= 4 is 5.78 Å². The third kappa shape index (κ3) is 1.73. The summed E-state index contributed by atoms with van der Waals surface area (Å²) in [6.07, 6.45) is 9.53. The molecule has 4 aliphatic rings. The number of hydrogen-bond acceptors (Lipinski definition) is 3. The first-order valence-corrected chi connectivity index (χ1v) is 8.67. The van der Waals surface area contributed by atoms with Crippen molar-refractivity contribution in [2.24, 2.45) is 28.6 Å². The highest BCUT2D eigenvalue weighted by Crippen LogP contribution is 2.64. The van der Waals surface area contributed by atoms with Crippen LogP contribution in [-0.2, 0) is 4.79 Å². The molecule has 4 aliphatic carbocycles. The first kappa shape index (κ1) is 14.6. The number of allylic oxidation sites excluding steroid dienone is 3. The molecule has 0 radical (unpaired) electrons. The summed E-state index contributed by atoms with van der Waals surface area (Å²) < 4.78 is 0. The third-order valence-electron chi connectivity index (χ3n) is 7.53. The molecule has 0 amide bonds.